The molecule has 3 rings (SSSR count). The SMILES string of the molecule is C=CCN(CC(=O)N(Cc1ccccc1)Cc1ccccc1)Cc1ccccc1. The second-order valence-electron chi connectivity index (χ2n) is 7.16. The third-order valence-corrected chi connectivity index (χ3v) is 4.78. The molecule has 0 aromatic heterocycles. The molecule has 0 aliphatic rings. The molecule has 148 valence electrons. The summed E-state index contributed by atoms with van der Waals surface area (Å²) in [5, 5.41) is 0. The number of rotatable bonds is 10. The molecule has 0 unspecified atom stereocenters. The second kappa shape index (κ2) is 11.0. The second-order valence-corrected chi connectivity index (χ2v) is 7.16. The predicted octanol–water partition coefficient (Wildman–Crippen LogP) is 4.90. The van der Waals surface area contributed by atoms with E-state index in [1.54, 1.807) is 0 Å². The van der Waals surface area contributed by atoms with E-state index in [0.717, 1.165) is 17.7 Å². The normalized spacial score (nSPS) is 10.7. The van der Waals surface area contributed by atoms with Crippen molar-refractivity contribution in [3.05, 3.63) is 120 Å². The number of hydrogen-bond acceptors (Lipinski definition) is 2. The summed E-state index contributed by atoms with van der Waals surface area (Å²) in [6.07, 6.45) is 1.86. The summed E-state index contributed by atoms with van der Waals surface area (Å²) in [4.78, 5) is 17.3. The van der Waals surface area contributed by atoms with Crippen LogP contribution in [-0.2, 0) is 24.4 Å². The number of carbonyl (C=O) groups excluding carboxylic acids is 1. The van der Waals surface area contributed by atoms with Gasteiger partial charge >= 0.3 is 0 Å². The fourth-order valence-corrected chi connectivity index (χ4v) is 3.34. The van der Waals surface area contributed by atoms with Gasteiger partial charge in [0.1, 0.15) is 0 Å². The van der Waals surface area contributed by atoms with Gasteiger partial charge in [0, 0.05) is 26.2 Å². The molecule has 0 spiro atoms. The van der Waals surface area contributed by atoms with Crippen LogP contribution in [0.15, 0.2) is 104 Å². The minimum atomic E-state index is 0.121. The van der Waals surface area contributed by atoms with Crippen LogP contribution in [0.2, 0.25) is 0 Å². The zero-order valence-electron chi connectivity index (χ0n) is 16.8. The van der Waals surface area contributed by atoms with Gasteiger partial charge < -0.3 is 4.90 Å². The molecule has 0 fully saturated rings. The van der Waals surface area contributed by atoms with E-state index in [-0.39, 0.29) is 5.91 Å². The smallest absolute Gasteiger partial charge is 0.237 e. The van der Waals surface area contributed by atoms with Crippen LogP contribution in [0, 0.1) is 0 Å². The molecule has 29 heavy (non-hydrogen) atoms. The molecule has 0 N–H and O–H groups in total. The Balaban J connectivity index is 1.73. The highest BCUT2D eigenvalue weighted by molar-refractivity contribution is 5.78. The maximum Gasteiger partial charge on any atom is 0.237 e. The molecular formula is C26H28N2O. The molecule has 3 aromatic rings. The summed E-state index contributed by atoms with van der Waals surface area (Å²) in [5.74, 6) is 0.121. The highest BCUT2D eigenvalue weighted by Gasteiger charge is 2.18. The highest BCUT2D eigenvalue weighted by Crippen LogP contribution is 2.12. The van der Waals surface area contributed by atoms with Crippen molar-refractivity contribution in [3.8, 4) is 0 Å². The Bertz CT molecular complexity index is 837. The Labute approximate surface area is 173 Å². The van der Waals surface area contributed by atoms with Crippen LogP contribution in [-0.4, -0.2) is 28.8 Å². The first-order valence-corrected chi connectivity index (χ1v) is 9.97. The average molecular weight is 385 g/mol. The van der Waals surface area contributed by atoms with Gasteiger partial charge in [0.05, 0.1) is 6.54 Å². The number of carbonyl (C=O) groups is 1. The first-order chi connectivity index (χ1) is 14.2. The van der Waals surface area contributed by atoms with Gasteiger partial charge in [-0.3, -0.25) is 9.69 Å². The van der Waals surface area contributed by atoms with E-state index in [4.69, 9.17) is 0 Å². The lowest BCUT2D eigenvalue weighted by molar-refractivity contribution is -0.133. The van der Waals surface area contributed by atoms with Gasteiger partial charge in [0.25, 0.3) is 0 Å². The van der Waals surface area contributed by atoms with Gasteiger partial charge in [-0.25, -0.2) is 0 Å². The predicted molar refractivity (Wildman–Crippen MR) is 119 cm³/mol. The van der Waals surface area contributed by atoms with E-state index in [1.807, 2.05) is 65.6 Å². The van der Waals surface area contributed by atoms with Crippen LogP contribution < -0.4 is 0 Å². The lowest BCUT2D eigenvalue weighted by atomic mass is 10.1. The average Bonchev–Trinajstić information content (AvgIpc) is 2.75. The lowest BCUT2D eigenvalue weighted by Gasteiger charge is -2.27. The van der Waals surface area contributed by atoms with Crippen molar-refractivity contribution in [3.63, 3.8) is 0 Å². The molecule has 0 aliphatic heterocycles. The molecule has 0 bridgehead atoms. The quantitative estimate of drug-likeness (QED) is 0.464. The van der Waals surface area contributed by atoms with Crippen molar-refractivity contribution in [2.75, 3.05) is 13.1 Å². The fourth-order valence-electron chi connectivity index (χ4n) is 3.34. The monoisotopic (exact) mass is 384 g/mol. The van der Waals surface area contributed by atoms with E-state index >= 15 is 0 Å². The molecule has 0 radical (unpaired) electrons. The van der Waals surface area contributed by atoms with E-state index in [1.165, 1.54) is 5.56 Å². The van der Waals surface area contributed by atoms with Gasteiger partial charge in [0.15, 0.2) is 0 Å². The van der Waals surface area contributed by atoms with Gasteiger partial charge in [-0.2, -0.15) is 0 Å². The molecule has 3 aromatic carbocycles. The summed E-state index contributed by atoms with van der Waals surface area (Å²) in [6, 6.07) is 30.6. The van der Waals surface area contributed by atoms with Gasteiger partial charge in [-0.05, 0) is 16.7 Å². The third kappa shape index (κ3) is 6.74. The Hall–Kier alpha value is -3.17. The van der Waals surface area contributed by atoms with Crippen molar-refractivity contribution in [2.24, 2.45) is 0 Å². The molecule has 0 atom stereocenters. The largest absolute Gasteiger partial charge is 0.333 e. The van der Waals surface area contributed by atoms with E-state index in [0.29, 0.717) is 26.2 Å². The van der Waals surface area contributed by atoms with E-state index < -0.39 is 0 Å². The third-order valence-electron chi connectivity index (χ3n) is 4.78. The highest BCUT2D eigenvalue weighted by atomic mass is 16.2. The maximum absolute atomic E-state index is 13.3. The van der Waals surface area contributed by atoms with Crippen LogP contribution >= 0.6 is 0 Å². The first-order valence-electron chi connectivity index (χ1n) is 9.97. The Morgan fingerprint density at radius 3 is 1.52 bits per heavy atom. The summed E-state index contributed by atoms with van der Waals surface area (Å²) in [5.41, 5.74) is 3.46. The standard InChI is InChI=1S/C26H28N2O/c1-2-18-27(19-23-12-6-3-7-13-23)22-26(29)28(20-24-14-8-4-9-15-24)21-25-16-10-5-11-17-25/h2-17H,1,18-22H2. The number of hydrogen-bond donors (Lipinski definition) is 0. The topological polar surface area (TPSA) is 23.6 Å². The van der Waals surface area contributed by atoms with Crippen LogP contribution in [0.4, 0.5) is 0 Å². The van der Waals surface area contributed by atoms with Crippen molar-refractivity contribution in [1.29, 1.82) is 0 Å². The molecule has 3 heteroatoms. The number of benzene rings is 3. The summed E-state index contributed by atoms with van der Waals surface area (Å²) in [6.45, 7) is 6.82. The van der Waals surface area contributed by atoms with Crippen molar-refractivity contribution >= 4 is 5.91 Å². The van der Waals surface area contributed by atoms with E-state index in [2.05, 4.69) is 47.9 Å². The van der Waals surface area contributed by atoms with Crippen molar-refractivity contribution in [2.45, 2.75) is 19.6 Å². The molecular weight excluding hydrogens is 356 g/mol. The van der Waals surface area contributed by atoms with Crippen LogP contribution in [0.25, 0.3) is 0 Å². The maximum atomic E-state index is 13.3. The Kier molecular flexibility index (Phi) is 7.79. The number of nitrogens with zero attached hydrogens (tertiary/aromatic N) is 2. The zero-order valence-corrected chi connectivity index (χ0v) is 16.8. The van der Waals surface area contributed by atoms with Gasteiger partial charge in [-0.1, -0.05) is 97.1 Å². The molecule has 0 aliphatic carbocycles. The Morgan fingerprint density at radius 2 is 1.10 bits per heavy atom. The van der Waals surface area contributed by atoms with Gasteiger partial charge in [0.2, 0.25) is 5.91 Å². The Morgan fingerprint density at radius 1 is 0.690 bits per heavy atom. The molecule has 0 saturated carbocycles. The zero-order chi connectivity index (χ0) is 20.3. The first kappa shape index (κ1) is 20.6. The molecule has 0 heterocycles. The number of amides is 1. The van der Waals surface area contributed by atoms with Gasteiger partial charge in [-0.15, -0.1) is 6.58 Å². The van der Waals surface area contributed by atoms with E-state index in [9.17, 15) is 4.79 Å². The fraction of sp³-hybridized carbons (Fsp3) is 0.192. The summed E-state index contributed by atoms with van der Waals surface area (Å²) in [7, 11) is 0. The van der Waals surface area contributed by atoms with Crippen molar-refractivity contribution < 1.29 is 4.79 Å². The minimum absolute atomic E-state index is 0.121. The lowest BCUT2D eigenvalue weighted by Crippen LogP contribution is -2.39. The summed E-state index contributed by atoms with van der Waals surface area (Å²) >= 11 is 0. The van der Waals surface area contributed by atoms with Crippen molar-refractivity contribution in [1.82, 2.24) is 9.80 Å². The molecule has 3 nitrogen and oxygen atoms in total. The molecule has 0 saturated heterocycles. The summed E-state index contributed by atoms with van der Waals surface area (Å²) < 4.78 is 0. The molecule has 1 amide bonds. The van der Waals surface area contributed by atoms with Crippen LogP contribution in [0.1, 0.15) is 16.7 Å². The van der Waals surface area contributed by atoms with Crippen LogP contribution in [0.5, 0.6) is 0 Å². The minimum Gasteiger partial charge on any atom is -0.333 e. The van der Waals surface area contributed by atoms with Crippen LogP contribution in [0.3, 0.4) is 0 Å².